The van der Waals surface area contributed by atoms with Gasteiger partial charge in [-0.2, -0.15) is 0 Å². The molecule has 0 bridgehead atoms. The van der Waals surface area contributed by atoms with E-state index in [0.29, 0.717) is 37.9 Å². The van der Waals surface area contributed by atoms with Crippen molar-refractivity contribution < 1.29 is 24.5 Å². The first kappa shape index (κ1) is 21.0. The Balaban J connectivity index is 1.79. The second-order valence-corrected chi connectivity index (χ2v) is 8.02. The van der Waals surface area contributed by atoms with E-state index in [1.54, 1.807) is 18.7 Å². The van der Waals surface area contributed by atoms with Crippen LogP contribution in [-0.4, -0.2) is 67.4 Å². The fourth-order valence-electron chi connectivity index (χ4n) is 3.97. The quantitative estimate of drug-likeness (QED) is 0.577. The molecule has 158 valence electrons. The third-order valence-electron chi connectivity index (χ3n) is 5.79. The Bertz CT molecular complexity index is 951. The maximum Gasteiger partial charge on any atom is 0.328 e. The molecule has 1 spiro atoms. The summed E-state index contributed by atoms with van der Waals surface area (Å²) in [4.78, 5) is 50.5. The topological polar surface area (TPSA) is 142 Å². The van der Waals surface area contributed by atoms with Crippen LogP contribution in [0, 0.1) is 6.92 Å². The van der Waals surface area contributed by atoms with Crippen molar-refractivity contribution in [1.82, 2.24) is 14.5 Å². The molecule has 0 aliphatic carbocycles. The highest BCUT2D eigenvalue weighted by Crippen LogP contribution is 2.43. The molecule has 0 radical (unpaired) electrons. The van der Waals surface area contributed by atoms with E-state index in [2.05, 4.69) is 4.98 Å². The molecule has 10 heteroatoms. The first-order valence-electron chi connectivity index (χ1n) is 9.41. The van der Waals surface area contributed by atoms with Crippen molar-refractivity contribution in [3.8, 4) is 0 Å². The molecule has 1 aromatic heterocycles. The van der Waals surface area contributed by atoms with Gasteiger partial charge in [0.05, 0.1) is 18.2 Å². The summed E-state index contributed by atoms with van der Waals surface area (Å²) in [6.45, 7) is 3.93. The summed E-state index contributed by atoms with van der Waals surface area (Å²) in [5, 5.41) is 19.5. The van der Waals surface area contributed by atoms with Gasteiger partial charge in [0.2, 0.25) is 5.91 Å². The molecule has 3 rings (SSSR count). The molecule has 3 heterocycles. The van der Waals surface area contributed by atoms with Crippen LogP contribution in [0.1, 0.15) is 37.8 Å². The van der Waals surface area contributed by atoms with Crippen molar-refractivity contribution >= 4 is 11.9 Å². The number of H-pyrrole nitrogens is 1. The normalized spacial score (nSPS) is 26.7. The van der Waals surface area contributed by atoms with E-state index in [-0.39, 0.29) is 12.5 Å². The number of carboxylic acid groups (broad SMARTS) is 1. The van der Waals surface area contributed by atoms with Gasteiger partial charge in [-0.25, -0.2) is 9.59 Å². The molecule has 0 saturated carbocycles. The number of ether oxygens (including phenoxy) is 1. The SMILES string of the molecule is Cc1cn([C@H]2CC3(CCN(C(=O)/C=C/C(=O)O)CC3)OC[C@]2(C)O)c(=O)[nH]c1=O. The van der Waals surface area contributed by atoms with E-state index in [4.69, 9.17) is 9.84 Å². The molecule has 2 fully saturated rings. The number of carbonyl (C=O) groups is 2. The minimum Gasteiger partial charge on any atom is -0.478 e. The van der Waals surface area contributed by atoms with Crippen LogP contribution in [0.25, 0.3) is 0 Å². The monoisotopic (exact) mass is 407 g/mol. The number of nitrogens with zero attached hydrogens (tertiary/aromatic N) is 2. The third kappa shape index (κ3) is 4.33. The number of hydrogen-bond donors (Lipinski definition) is 3. The number of piperidine rings is 1. The van der Waals surface area contributed by atoms with Crippen molar-refractivity contribution in [2.24, 2.45) is 0 Å². The lowest BCUT2D eigenvalue weighted by Gasteiger charge is -2.50. The van der Waals surface area contributed by atoms with Crippen LogP contribution in [0.3, 0.4) is 0 Å². The van der Waals surface area contributed by atoms with Crippen molar-refractivity contribution in [3.63, 3.8) is 0 Å². The molecule has 1 aromatic rings. The molecule has 0 unspecified atom stereocenters. The zero-order valence-corrected chi connectivity index (χ0v) is 16.4. The Hall–Kier alpha value is -2.72. The summed E-state index contributed by atoms with van der Waals surface area (Å²) in [6, 6.07) is -0.603. The van der Waals surface area contributed by atoms with Gasteiger partial charge in [0.15, 0.2) is 0 Å². The number of hydrogen-bond acceptors (Lipinski definition) is 6. The van der Waals surface area contributed by atoms with Gasteiger partial charge in [-0.1, -0.05) is 0 Å². The largest absolute Gasteiger partial charge is 0.478 e. The molecule has 2 atom stereocenters. The smallest absolute Gasteiger partial charge is 0.328 e. The number of aromatic amines is 1. The molecule has 10 nitrogen and oxygen atoms in total. The van der Waals surface area contributed by atoms with Crippen molar-refractivity contribution in [1.29, 1.82) is 0 Å². The van der Waals surface area contributed by atoms with Crippen LogP contribution >= 0.6 is 0 Å². The Morgan fingerprint density at radius 2 is 1.93 bits per heavy atom. The van der Waals surface area contributed by atoms with Gasteiger partial charge >= 0.3 is 11.7 Å². The molecular formula is C19H25N3O7. The first-order valence-corrected chi connectivity index (χ1v) is 9.41. The van der Waals surface area contributed by atoms with E-state index < -0.39 is 34.5 Å². The van der Waals surface area contributed by atoms with Crippen LogP contribution in [0.2, 0.25) is 0 Å². The number of likely N-dealkylation sites (tertiary alicyclic amines) is 1. The number of carboxylic acids is 1. The number of aromatic nitrogens is 2. The van der Waals surface area contributed by atoms with Gasteiger partial charge in [0, 0.05) is 43.4 Å². The Labute approximate surface area is 166 Å². The van der Waals surface area contributed by atoms with Gasteiger partial charge in [-0.15, -0.1) is 0 Å². The zero-order valence-electron chi connectivity index (χ0n) is 16.4. The van der Waals surface area contributed by atoms with Crippen LogP contribution in [0.4, 0.5) is 0 Å². The maximum atomic E-state index is 12.4. The Kier molecular flexibility index (Phi) is 5.50. The molecular weight excluding hydrogens is 382 g/mol. The fraction of sp³-hybridized carbons (Fsp3) is 0.579. The number of aryl methyl sites for hydroxylation is 1. The lowest BCUT2D eigenvalue weighted by molar-refractivity contribution is -0.201. The molecule has 2 aliphatic rings. The first-order chi connectivity index (χ1) is 13.5. The zero-order chi connectivity index (χ0) is 21.4. The average molecular weight is 407 g/mol. The minimum absolute atomic E-state index is 0.00907. The summed E-state index contributed by atoms with van der Waals surface area (Å²) in [6.07, 6.45) is 4.61. The van der Waals surface area contributed by atoms with Crippen LogP contribution in [0.15, 0.2) is 27.9 Å². The highest BCUT2D eigenvalue weighted by molar-refractivity contribution is 5.93. The van der Waals surface area contributed by atoms with E-state index >= 15 is 0 Å². The van der Waals surface area contributed by atoms with Crippen molar-refractivity contribution in [2.45, 2.75) is 50.4 Å². The maximum absolute atomic E-state index is 12.4. The number of amides is 1. The van der Waals surface area contributed by atoms with E-state index in [0.717, 1.165) is 12.2 Å². The van der Waals surface area contributed by atoms with E-state index in [1.807, 2.05) is 0 Å². The van der Waals surface area contributed by atoms with Crippen molar-refractivity contribution in [2.75, 3.05) is 19.7 Å². The number of rotatable bonds is 3. The molecule has 3 N–H and O–H groups in total. The summed E-state index contributed by atoms with van der Waals surface area (Å²) in [5.74, 6) is -1.57. The molecule has 2 aliphatic heterocycles. The summed E-state index contributed by atoms with van der Waals surface area (Å²) in [5.41, 5.74) is -2.62. The van der Waals surface area contributed by atoms with Gasteiger partial charge < -0.3 is 19.8 Å². The highest BCUT2D eigenvalue weighted by Gasteiger charge is 2.49. The molecule has 0 aromatic carbocycles. The highest BCUT2D eigenvalue weighted by atomic mass is 16.5. The molecule has 2 saturated heterocycles. The third-order valence-corrected chi connectivity index (χ3v) is 5.79. The number of aliphatic carboxylic acids is 1. The van der Waals surface area contributed by atoms with Gasteiger partial charge in [0.25, 0.3) is 5.56 Å². The summed E-state index contributed by atoms with van der Waals surface area (Å²) < 4.78 is 7.36. The van der Waals surface area contributed by atoms with Crippen LogP contribution in [-0.2, 0) is 14.3 Å². The predicted molar refractivity (Wildman–Crippen MR) is 102 cm³/mol. The lowest BCUT2D eigenvalue weighted by Crippen LogP contribution is -2.58. The predicted octanol–water partition coefficient (Wildman–Crippen LogP) is -0.441. The molecule has 29 heavy (non-hydrogen) atoms. The van der Waals surface area contributed by atoms with Gasteiger partial charge in [-0.05, 0) is 26.7 Å². The number of nitrogens with one attached hydrogen (secondary N) is 1. The van der Waals surface area contributed by atoms with Crippen LogP contribution < -0.4 is 11.2 Å². The second-order valence-electron chi connectivity index (χ2n) is 8.02. The van der Waals surface area contributed by atoms with Crippen molar-refractivity contribution in [3.05, 3.63) is 44.8 Å². The Morgan fingerprint density at radius 1 is 1.28 bits per heavy atom. The Morgan fingerprint density at radius 3 is 2.55 bits per heavy atom. The fourth-order valence-corrected chi connectivity index (χ4v) is 3.97. The minimum atomic E-state index is -1.31. The number of carbonyl (C=O) groups excluding carboxylic acids is 1. The summed E-state index contributed by atoms with van der Waals surface area (Å²) in [7, 11) is 0. The van der Waals surface area contributed by atoms with Gasteiger partial charge in [0.1, 0.15) is 5.60 Å². The van der Waals surface area contributed by atoms with Gasteiger partial charge in [-0.3, -0.25) is 19.1 Å². The van der Waals surface area contributed by atoms with E-state index in [1.165, 1.54) is 10.8 Å². The molecule has 1 amide bonds. The lowest BCUT2D eigenvalue weighted by atomic mass is 9.77. The second kappa shape index (κ2) is 7.60. The standard InChI is InChI=1S/C19H25N3O7/c1-12-10-22(17(27)20-16(12)26)13-9-19(29-11-18(13,2)28)5-7-21(8-6-19)14(23)3-4-15(24)25/h3-4,10,13,28H,5-9,11H2,1-2H3,(H,24,25)(H,20,26,27)/b4-3+/t13-,18-/m0/s1. The van der Waals surface area contributed by atoms with E-state index in [9.17, 15) is 24.3 Å². The summed E-state index contributed by atoms with van der Waals surface area (Å²) >= 11 is 0. The number of aliphatic hydroxyl groups is 1. The van der Waals surface area contributed by atoms with Crippen LogP contribution in [0.5, 0.6) is 0 Å². The average Bonchev–Trinajstić information content (AvgIpc) is 2.66.